The second-order valence-corrected chi connectivity index (χ2v) is 33.0. The van der Waals surface area contributed by atoms with E-state index in [0.717, 1.165) is 5.56 Å². The van der Waals surface area contributed by atoms with Crippen molar-refractivity contribution >= 4 is 82.8 Å². The number of benzene rings is 2. The maximum absolute atomic E-state index is 15.2. The van der Waals surface area contributed by atoms with Gasteiger partial charge in [-0.25, -0.2) is 4.79 Å². The van der Waals surface area contributed by atoms with Gasteiger partial charge in [-0.3, -0.25) is 62.3 Å². The molecule has 0 spiro atoms. The number of nitrogens with one attached hydrogen (secondary N) is 12. The number of ether oxygens (including phenoxy) is 2. The number of hydrogen-bond acceptors (Lipinski definition) is 20. The molecule has 3 aliphatic heterocycles. The molecule has 2 bridgehead atoms. The zero-order chi connectivity index (χ0) is 89.0. The third-order valence-corrected chi connectivity index (χ3v) is 20.3. The van der Waals surface area contributed by atoms with Gasteiger partial charge >= 0.3 is 12.1 Å². The van der Waals surface area contributed by atoms with Gasteiger partial charge in [0, 0.05) is 25.9 Å². The molecule has 2 aromatic carbocycles. The minimum atomic E-state index is -5.08. The van der Waals surface area contributed by atoms with Gasteiger partial charge in [0.1, 0.15) is 84.7 Å². The third-order valence-electron chi connectivity index (χ3n) is 20.3. The number of carbonyl (C=O) groups excluding carboxylic acids is 13. The van der Waals surface area contributed by atoms with Crippen LogP contribution in [-0.4, -0.2) is 229 Å². The maximum Gasteiger partial charge on any atom is 0.490 e. The highest BCUT2D eigenvalue weighted by atomic mass is 19.4. The number of alkyl halides is 3. The van der Waals surface area contributed by atoms with Crippen molar-refractivity contribution in [3.63, 3.8) is 0 Å². The molecule has 3 aliphatic rings. The maximum atomic E-state index is 15.2. The second kappa shape index (κ2) is 51.2. The predicted octanol–water partition coefficient (Wildman–Crippen LogP) is 1.12. The molecule has 15 atom stereocenters. The quantitative estimate of drug-likeness (QED) is 0.0627. The molecule has 119 heavy (non-hydrogen) atoms. The summed E-state index contributed by atoms with van der Waals surface area (Å²) in [5.41, 5.74) is 25.4. The highest BCUT2D eigenvalue weighted by Gasteiger charge is 2.45. The number of amides is 13. The van der Waals surface area contributed by atoms with Crippen LogP contribution in [0.5, 0.6) is 0 Å². The van der Waals surface area contributed by atoms with E-state index in [1.807, 2.05) is 71.9 Å². The van der Waals surface area contributed by atoms with Crippen LogP contribution < -0.4 is 86.7 Å². The van der Waals surface area contributed by atoms with E-state index in [1.54, 1.807) is 71.9 Å². The molecule has 37 heteroatoms. The molecule has 0 radical (unpaired) electrons. The summed E-state index contributed by atoms with van der Waals surface area (Å²) in [7, 11) is 0. The summed E-state index contributed by atoms with van der Waals surface area (Å²) >= 11 is 0. The van der Waals surface area contributed by atoms with Crippen molar-refractivity contribution in [2.45, 2.75) is 283 Å². The first kappa shape index (κ1) is 102. The molecule has 3 fully saturated rings. The Morgan fingerprint density at radius 2 is 0.782 bits per heavy atom. The fourth-order valence-corrected chi connectivity index (χ4v) is 13.9. The normalized spacial score (nSPS) is 26.1. The number of nitrogens with zero attached hydrogens (tertiary/aromatic N) is 1. The Kier molecular flexibility index (Phi) is 43.9. The van der Waals surface area contributed by atoms with Gasteiger partial charge in [-0.2, -0.15) is 13.2 Å². The average molecular weight is 1690 g/mol. The fraction of sp³-hybridized carbons (Fsp3) is 0.683. The Balaban J connectivity index is 0.00000406. The summed E-state index contributed by atoms with van der Waals surface area (Å²) in [5, 5.41) is 41.0. The highest BCUT2D eigenvalue weighted by molar-refractivity contribution is 6.00. The van der Waals surface area contributed by atoms with Crippen molar-refractivity contribution in [1.82, 2.24) is 68.7 Å². The summed E-state index contributed by atoms with van der Waals surface area (Å²) in [6, 6.07) is 2.89. The van der Waals surface area contributed by atoms with Crippen LogP contribution in [0.4, 0.5) is 13.2 Å². The van der Waals surface area contributed by atoms with Crippen molar-refractivity contribution < 1.29 is 94.9 Å². The Bertz CT molecular complexity index is 3620. The lowest BCUT2D eigenvalue weighted by molar-refractivity contribution is -0.192. The van der Waals surface area contributed by atoms with Gasteiger partial charge in [0.2, 0.25) is 76.8 Å². The lowest BCUT2D eigenvalue weighted by Crippen LogP contribution is -2.61. The van der Waals surface area contributed by atoms with E-state index in [2.05, 4.69) is 63.8 Å². The summed E-state index contributed by atoms with van der Waals surface area (Å²) in [5.74, 6) is -14.5. The minimum Gasteiger partial charge on any atom is -0.475 e. The Labute approximate surface area is 696 Å². The van der Waals surface area contributed by atoms with Crippen LogP contribution in [0.15, 0.2) is 60.7 Å². The van der Waals surface area contributed by atoms with Crippen LogP contribution in [0, 0.1) is 35.5 Å². The summed E-state index contributed by atoms with van der Waals surface area (Å²) < 4.78 is 44.6. The van der Waals surface area contributed by atoms with E-state index in [4.69, 9.17) is 42.3 Å². The largest absolute Gasteiger partial charge is 0.490 e. The molecule has 668 valence electrons. The molecule has 0 aliphatic carbocycles. The van der Waals surface area contributed by atoms with E-state index in [1.165, 1.54) is 4.90 Å². The van der Waals surface area contributed by atoms with Gasteiger partial charge in [0.15, 0.2) is 0 Å². The van der Waals surface area contributed by atoms with Crippen LogP contribution in [0.1, 0.15) is 184 Å². The lowest BCUT2D eigenvalue weighted by Gasteiger charge is -2.32. The first-order valence-electron chi connectivity index (χ1n) is 41.5. The van der Waals surface area contributed by atoms with Gasteiger partial charge in [-0.15, -0.1) is 0 Å². The average Bonchev–Trinajstić information content (AvgIpc) is 1.73. The van der Waals surface area contributed by atoms with Gasteiger partial charge in [0.25, 0.3) is 0 Å². The number of carboxylic acids is 1. The summed E-state index contributed by atoms with van der Waals surface area (Å²) in [4.78, 5) is 201. The molecule has 3 saturated heterocycles. The zero-order valence-electron chi connectivity index (χ0n) is 70.8. The third kappa shape index (κ3) is 34.7. The zero-order valence-corrected chi connectivity index (χ0v) is 70.8. The monoisotopic (exact) mass is 1680 g/mol. The highest BCUT2D eigenvalue weighted by Crippen LogP contribution is 2.27. The Hall–Kier alpha value is -9.43. The van der Waals surface area contributed by atoms with Crippen LogP contribution >= 0.6 is 0 Å². The predicted molar refractivity (Wildman–Crippen MR) is 437 cm³/mol. The summed E-state index contributed by atoms with van der Waals surface area (Å²) in [6.07, 6.45) is -6.35. The topological polar surface area (TPSA) is 529 Å². The number of carboxylic acid groups (broad SMARTS) is 1. The molecule has 21 N–H and O–H groups in total. The molecule has 13 amide bonds. The molecule has 0 saturated carbocycles. The molecular formula is C82H132F3N17O17. The number of nitrogens with two attached hydrogens (primary N) is 4. The Morgan fingerprint density at radius 1 is 0.454 bits per heavy atom. The van der Waals surface area contributed by atoms with Crippen LogP contribution in [0.25, 0.3) is 0 Å². The molecule has 0 unspecified atom stereocenters. The number of fused-ring (bicyclic) bond motifs is 3. The van der Waals surface area contributed by atoms with Crippen LogP contribution in [-0.2, 0) is 89.6 Å². The Morgan fingerprint density at radius 3 is 1.15 bits per heavy atom. The first-order valence-corrected chi connectivity index (χ1v) is 41.5. The molecular weight excluding hydrogens is 1550 g/mol. The minimum absolute atomic E-state index is 0.00204. The molecule has 5 rings (SSSR count). The number of aliphatic carboxylic acids is 1. The van der Waals surface area contributed by atoms with E-state index in [-0.39, 0.29) is 154 Å². The van der Waals surface area contributed by atoms with E-state index < -0.39 is 198 Å². The number of rotatable bonds is 26. The van der Waals surface area contributed by atoms with E-state index in [9.17, 15) is 70.7 Å². The van der Waals surface area contributed by atoms with E-state index in [0.29, 0.717) is 12.0 Å². The van der Waals surface area contributed by atoms with Gasteiger partial charge in [-0.1, -0.05) is 144 Å². The van der Waals surface area contributed by atoms with Crippen molar-refractivity contribution in [1.29, 1.82) is 0 Å². The number of carbonyl (C=O) groups is 14. The number of hydrogen-bond donors (Lipinski definition) is 17. The molecule has 3 heterocycles. The molecule has 2 aromatic rings. The van der Waals surface area contributed by atoms with Crippen molar-refractivity contribution in [2.75, 3.05) is 39.3 Å². The SMILES string of the molecule is CC(C)C[C@@H]1NC(=O)[C@H](CCCN)NC(=O)[C@H](C(C)C)NC(=O)[C@@H]2CCCN2C(=O)[C@@H](Cc2ccccc2)NC(=O)[C@H](CC(C)C)NC(=O)[C@H](CCCN)NC(=O)[C@H](C(C)C)NC(=O)[C@H](CCCN)NC(=O)[C@H](CC(C)C)NC(=O)[C@H]2C[C@H](OCc3ccccc3)[C@@H](CNC(=O)[C@H](C(C)C)NC(=O)[C@H](CCCN)NC1=O)O2.O=C(O)C(F)(F)F. The fourth-order valence-electron chi connectivity index (χ4n) is 13.9. The molecule has 34 nitrogen and oxygen atoms in total. The van der Waals surface area contributed by atoms with Crippen molar-refractivity contribution in [2.24, 2.45) is 58.4 Å². The standard InChI is InChI=1S/C80H131N17O15.C2HF3O2/c1-45(2)38-57-72(102)86-55(30-21-35-83)70(100)94-65(48(7)8)77(107)85-43-64-62(111-44-52-26-17-14-18-27-52)42-63(112-64)76(106)92-59(40-47(5)6)73(103)87-56(31-22-36-84)71(101)95-66(49(9)10)78(108)88-53(28-19-33-81)69(99)91-58(39-46(3)4)74(104)93-60(41-51-24-15-13-16-25-51)80(110)97-37-23-32-61(97)75(105)96-67(50(11)12)79(109)89-54(29-20-34-82)68(98)90-57;3-2(4,5)1(6)7/h13-18,24-27,45-50,53-67H,19-23,28-44,81-84H2,1-12H3,(H,85,107)(H,86,102)(H,87,103)(H,88,108)(H,89,109)(H,90,98)(H,91,99)(H,92,106)(H,93,104)(H,94,100)(H,95,101)(H,96,105);(H,6,7)/t53-,54-,55-,56-,57-,58-,59-,60+,61-,62-,63+,64+,65-,66-,67-;/m0./s1. The lowest BCUT2D eigenvalue weighted by atomic mass is 9.99. The van der Waals surface area contributed by atoms with E-state index >= 15 is 4.79 Å². The van der Waals surface area contributed by atoms with Gasteiger partial charge in [-0.05, 0) is 156 Å². The van der Waals surface area contributed by atoms with Gasteiger partial charge in [0.05, 0.1) is 12.7 Å². The van der Waals surface area contributed by atoms with Crippen molar-refractivity contribution in [3.05, 3.63) is 71.8 Å². The molecule has 0 aromatic heterocycles. The second-order valence-electron chi connectivity index (χ2n) is 33.0. The van der Waals surface area contributed by atoms with Crippen LogP contribution in [0.3, 0.4) is 0 Å². The smallest absolute Gasteiger partial charge is 0.475 e. The van der Waals surface area contributed by atoms with Crippen molar-refractivity contribution in [3.8, 4) is 0 Å². The number of halogens is 3. The van der Waals surface area contributed by atoms with Gasteiger partial charge < -0.3 is 106 Å². The summed E-state index contributed by atoms with van der Waals surface area (Å²) in [6.45, 7) is 21.6. The van der Waals surface area contributed by atoms with Crippen LogP contribution in [0.2, 0.25) is 0 Å². The first-order chi connectivity index (χ1) is 56.1.